The van der Waals surface area contributed by atoms with Crippen molar-refractivity contribution >= 4 is 11.8 Å². The number of likely N-dealkylation sites (tertiary alicyclic amines) is 1. The van der Waals surface area contributed by atoms with Gasteiger partial charge in [0.2, 0.25) is 5.91 Å². The SMILES string of the molecule is NC(=O)c1ccc(OCC(=O)N2CCCC[C@H]2Cn2cccn2)cc1. The highest BCUT2D eigenvalue weighted by atomic mass is 16.5. The highest BCUT2D eigenvalue weighted by molar-refractivity contribution is 5.92. The molecule has 0 unspecified atom stereocenters. The van der Waals surface area contributed by atoms with Crippen LogP contribution >= 0.6 is 0 Å². The van der Waals surface area contributed by atoms with Crippen LogP contribution < -0.4 is 10.5 Å². The second-order valence-corrected chi connectivity index (χ2v) is 6.14. The van der Waals surface area contributed by atoms with E-state index in [1.807, 2.05) is 21.8 Å². The standard InChI is InChI=1S/C18H22N4O3/c19-18(24)14-5-7-16(8-6-14)25-13-17(23)22-11-2-1-4-15(22)12-21-10-3-9-20-21/h3,5-10,15H,1-2,4,11-13H2,(H2,19,24)/t15-/m0/s1. The number of benzene rings is 1. The molecule has 0 bridgehead atoms. The molecule has 25 heavy (non-hydrogen) atoms. The first-order chi connectivity index (χ1) is 12.1. The zero-order chi connectivity index (χ0) is 17.6. The maximum absolute atomic E-state index is 12.6. The molecule has 3 rings (SSSR count). The van der Waals surface area contributed by atoms with E-state index in [9.17, 15) is 9.59 Å². The Hall–Kier alpha value is -2.83. The van der Waals surface area contributed by atoms with E-state index in [1.165, 1.54) is 0 Å². The van der Waals surface area contributed by atoms with Gasteiger partial charge < -0.3 is 15.4 Å². The summed E-state index contributed by atoms with van der Waals surface area (Å²) in [6.45, 7) is 1.42. The van der Waals surface area contributed by atoms with Gasteiger partial charge in [-0.2, -0.15) is 5.10 Å². The van der Waals surface area contributed by atoms with Gasteiger partial charge in [0.25, 0.3) is 5.91 Å². The molecule has 2 aromatic rings. The minimum absolute atomic E-state index is 0.0223. The quantitative estimate of drug-likeness (QED) is 0.860. The molecule has 1 aliphatic heterocycles. The van der Waals surface area contributed by atoms with Gasteiger partial charge in [0, 0.05) is 24.5 Å². The lowest BCUT2D eigenvalue weighted by molar-refractivity contribution is -0.137. The highest BCUT2D eigenvalue weighted by Crippen LogP contribution is 2.19. The maximum atomic E-state index is 12.6. The van der Waals surface area contributed by atoms with E-state index in [2.05, 4.69) is 5.10 Å². The summed E-state index contributed by atoms with van der Waals surface area (Å²) in [5, 5.41) is 4.23. The van der Waals surface area contributed by atoms with Gasteiger partial charge in [-0.25, -0.2) is 0 Å². The van der Waals surface area contributed by atoms with E-state index in [0.29, 0.717) is 17.9 Å². The summed E-state index contributed by atoms with van der Waals surface area (Å²) in [6, 6.07) is 8.48. The van der Waals surface area contributed by atoms with Crippen molar-refractivity contribution in [2.75, 3.05) is 13.2 Å². The van der Waals surface area contributed by atoms with Gasteiger partial charge >= 0.3 is 0 Å². The average molecular weight is 342 g/mol. The first-order valence-corrected chi connectivity index (χ1v) is 8.43. The van der Waals surface area contributed by atoms with Crippen LogP contribution in [0.15, 0.2) is 42.7 Å². The Balaban J connectivity index is 1.57. The van der Waals surface area contributed by atoms with Crippen LogP contribution in [0.25, 0.3) is 0 Å². The molecule has 1 aromatic heterocycles. The number of nitrogens with two attached hydrogens (primary N) is 1. The van der Waals surface area contributed by atoms with Crippen LogP contribution in [0.5, 0.6) is 5.75 Å². The van der Waals surface area contributed by atoms with Gasteiger partial charge in [-0.05, 0) is 49.6 Å². The molecule has 7 nitrogen and oxygen atoms in total. The van der Waals surface area contributed by atoms with E-state index >= 15 is 0 Å². The van der Waals surface area contributed by atoms with E-state index in [0.717, 1.165) is 25.8 Å². The monoisotopic (exact) mass is 342 g/mol. The molecule has 7 heteroatoms. The third kappa shape index (κ3) is 4.37. The Bertz CT molecular complexity index is 712. The van der Waals surface area contributed by atoms with E-state index in [4.69, 9.17) is 10.5 Å². The summed E-state index contributed by atoms with van der Waals surface area (Å²) in [4.78, 5) is 25.5. The van der Waals surface area contributed by atoms with Crippen LogP contribution in [-0.2, 0) is 11.3 Å². The number of rotatable bonds is 6. The van der Waals surface area contributed by atoms with Gasteiger partial charge in [0.05, 0.1) is 12.6 Å². The van der Waals surface area contributed by atoms with Crippen LogP contribution in [0.4, 0.5) is 0 Å². The Kier molecular flexibility index (Phi) is 5.33. The minimum atomic E-state index is -0.489. The van der Waals surface area contributed by atoms with Crippen LogP contribution in [0.3, 0.4) is 0 Å². The molecule has 2 amide bonds. The van der Waals surface area contributed by atoms with Gasteiger partial charge in [-0.3, -0.25) is 14.3 Å². The number of nitrogens with zero attached hydrogens (tertiary/aromatic N) is 3. The van der Waals surface area contributed by atoms with Crippen molar-refractivity contribution in [3.05, 3.63) is 48.3 Å². The molecule has 0 spiro atoms. The number of aromatic nitrogens is 2. The molecule has 132 valence electrons. The summed E-state index contributed by atoms with van der Waals surface area (Å²) in [7, 11) is 0. The second kappa shape index (κ2) is 7.83. The Labute approximate surface area is 146 Å². The summed E-state index contributed by atoms with van der Waals surface area (Å²) >= 11 is 0. The molecule has 0 radical (unpaired) electrons. The molecular formula is C18H22N4O3. The molecule has 2 N–H and O–H groups in total. The van der Waals surface area contributed by atoms with Crippen LogP contribution in [-0.4, -0.2) is 45.7 Å². The number of hydrogen-bond donors (Lipinski definition) is 1. The van der Waals surface area contributed by atoms with Crippen molar-refractivity contribution in [3.63, 3.8) is 0 Å². The van der Waals surface area contributed by atoms with Gasteiger partial charge in [-0.15, -0.1) is 0 Å². The average Bonchev–Trinajstić information content (AvgIpc) is 3.13. The summed E-state index contributed by atoms with van der Waals surface area (Å²) in [6.07, 6.45) is 6.75. The molecular weight excluding hydrogens is 320 g/mol. The molecule has 0 aliphatic carbocycles. The Morgan fingerprint density at radius 3 is 2.72 bits per heavy atom. The van der Waals surface area contributed by atoms with Crippen molar-refractivity contribution in [1.29, 1.82) is 0 Å². The van der Waals surface area contributed by atoms with E-state index < -0.39 is 5.91 Å². The first kappa shape index (κ1) is 17.0. The van der Waals surface area contributed by atoms with E-state index in [1.54, 1.807) is 30.5 Å². The van der Waals surface area contributed by atoms with Crippen molar-refractivity contribution in [3.8, 4) is 5.75 Å². The van der Waals surface area contributed by atoms with Crippen molar-refractivity contribution in [2.45, 2.75) is 31.8 Å². The number of carbonyl (C=O) groups excluding carboxylic acids is 2. The molecule has 1 aliphatic rings. The van der Waals surface area contributed by atoms with E-state index in [-0.39, 0.29) is 18.6 Å². The smallest absolute Gasteiger partial charge is 0.260 e. The number of carbonyl (C=O) groups is 2. The summed E-state index contributed by atoms with van der Waals surface area (Å²) < 4.78 is 7.43. The fourth-order valence-electron chi connectivity index (χ4n) is 3.09. The van der Waals surface area contributed by atoms with Crippen molar-refractivity contribution < 1.29 is 14.3 Å². The van der Waals surface area contributed by atoms with Crippen LogP contribution in [0, 0.1) is 0 Å². The normalized spacial score (nSPS) is 17.3. The topological polar surface area (TPSA) is 90.5 Å². The third-order valence-electron chi connectivity index (χ3n) is 4.41. The number of hydrogen-bond acceptors (Lipinski definition) is 4. The number of ether oxygens (including phenoxy) is 1. The zero-order valence-corrected chi connectivity index (χ0v) is 14.0. The summed E-state index contributed by atoms with van der Waals surface area (Å²) in [5.41, 5.74) is 5.62. The lowest BCUT2D eigenvalue weighted by atomic mass is 10.0. The predicted octanol–water partition coefficient (Wildman–Crippen LogP) is 1.44. The third-order valence-corrected chi connectivity index (χ3v) is 4.41. The van der Waals surface area contributed by atoms with Gasteiger partial charge in [0.1, 0.15) is 5.75 Å². The maximum Gasteiger partial charge on any atom is 0.260 e. The molecule has 1 fully saturated rings. The fourth-order valence-corrected chi connectivity index (χ4v) is 3.09. The molecule has 1 saturated heterocycles. The molecule has 0 saturated carbocycles. The predicted molar refractivity (Wildman–Crippen MR) is 92.0 cm³/mol. The number of primary amides is 1. The van der Waals surface area contributed by atoms with Gasteiger partial charge in [0.15, 0.2) is 6.61 Å². The largest absolute Gasteiger partial charge is 0.484 e. The highest BCUT2D eigenvalue weighted by Gasteiger charge is 2.27. The number of amides is 2. The van der Waals surface area contributed by atoms with Gasteiger partial charge in [-0.1, -0.05) is 0 Å². The molecule has 2 heterocycles. The molecule has 1 aromatic carbocycles. The Morgan fingerprint density at radius 2 is 2.04 bits per heavy atom. The number of piperidine rings is 1. The molecule has 1 atom stereocenters. The minimum Gasteiger partial charge on any atom is -0.484 e. The lowest BCUT2D eigenvalue weighted by Gasteiger charge is -2.35. The van der Waals surface area contributed by atoms with Crippen LogP contribution in [0.2, 0.25) is 0 Å². The fraction of sp³-hybridized carbons (Fsp3) is 0.389. The van der Waals surface area contributed by atoms with Crippen LogP contribution in [0.1, 0.15) is 29.6 Å². The van der Waals surface area contributed by atoms with Crippen molar-refractivity contribution in [2.24, 2.45) is 5.73 Å². The summed E-state index contributed by atoms with van der Waals surface area (Å²) in [5.74, 6) is 0.0206. The Morgan fingerprint density at radius 1 is 1.24 bits per heavy atom. The zero-order valence-electron chi connectivity index (χ0n) is 14.0. The van der Waals surface area contributed by atoms with Crippen molar-refractivity contribution in [1.82, 2.24) is 14.7 Å². The lowest BCUT2D eigenvalue weighted by Crippen LogP contribution is -2.47. The second-order valence-electron chi connectivity index (χ2n) is 6.14. The first-order valence-electron chi connectivity index (χ1n) is 8.43.